The molecule has 9 nitrogen and oxygen atoms in total. The summed E-state index contributed by atoms with van der Waals surface area (Å²) in [5.41, 5.74) is 2.40. The molecule has 3 amide bonds. The Morgan fingerprint density at radius 2 is 1.88 bits per heavy atom. The number of pyridine rings is 1. The van der Waals surface area contributed by atoms with Crippen molar-refractivity contribution in [2.45, 2.75) is 12.5 Å². The van der Waals surface area contributed by atoms with E-state index in [9.17, 15) is 9.59 Å². The fraction of sp³-hybridized carbons (Fsp3) is 0.391. The van der Waals surface area contributed by atoms with Crippen molar-refractivity contribution >= 4 is 17.6 Å². The van der Waals surface area contributed by atoms with E-state index in [1.807, 2.05) is 46.7 Å². The van der Waals surface area contributed by atoms with Gasteiger partial charge >= 0.3 is 6.03 Å². The number of urea groups is 1. The minimum absolute atomic E-state index is 0.0181. The zero-order valence-electron chi connectivity index (χ0n) is 18.7. The highest BCUT2D eigenvalue weighted by Gasteiger charge is 2.32. The third-order valence-corrected chi connectivity index (χ3v) is 5.83. The largest absolute Gasteiger partial charge is 0.352 e. The van der Waals surface area contributed by atoms with Gasteiger partial charge in [-0.1, -0.05) is 30.3 Å². The van der Waals surface area contributed by atoms with Gasteiger partial charge in [-0.25, -0.2) is 4.79 Å². The molecular weight excluding hydrogens is 406 g/mol. The van der Waals surface area contributed by atoms with Gasteiger partial charge in [0.15, 0.2) is 11.5 Å². The summed E-state index contributed by atoms with van der Waals surface area (Å²) in [7, 11) is 5.53. The first-order valence-corrected chi connectivity index (χ1v) is 10.8. The van der Waals surface area contributed by atoms with E-state index in [2.05, 4.69) is 20.4 Å². The maximum atomic E-state index is 12.7. The maximum Gasteiger partial charge on any atom is 0.319 e. The molecule has 4 rings (SSSR count). The van der Waals surface area contributed by atoms with Gasteiger partial charge in [-0.3, -0.25) is 14.1 Å². The average molecular weight is 436 g/mol. The average Bonchev–Trinajstić information content (AvgIpc) is 3.22. The number of benzene rings is 1. The summed E-state index contributed by atoms with van der Waals surface area (Å²) in [5, 5.41) is 11.7. The molecule has 9 heteroatoms. The molecule has 1 aliphatic heterocycles. The normalized spacial score (nSPS) is 16.8. The molecule has 2 aromatic heterocycles. The first-order chi connectivity index (χ1) is 15.4. The standard InChI is InChI=1S/C23H29N7O2/c1-27(2)23(32)29-14-13-28(3)19(16-29)21-26-25-20-10-9-18(15-30(20)21)22(31)24-12-11-17-7-5-4-6-8-17/h4-10,15,19H,11-14,16H2,1-3H3,(H,24,31)/t19-/m1/s1. The lowest BCUT2D eigenvalue weighted by atomic mass is 10.1. The van der Waals surface area contributed by atoms with Crippen LogP contribution in [0.4, 0.5) is 4.79 Å². The molecule has 0 radical (unpaired) electrons. The topological polar surface area (TPSA) is 86.1 Å². The van der Waals surface area contributed by atoms with Crippen LogP contribution in [0.3, 0.4) is 0 Å². The summed E-state index contributed by atoms with van der Waals surface area (Å²) in [6.45, 7) is 2.47. The van der Waals surface area contributed by atoms with Crippen molar-refractivity contribution in [1.82, 2.24) is 34.6 Å². The number of amides is 3. The molecule has 168 valence electrons. The van der Waals surface area contributed by atoms with E-state index in [0.29, 0.717) is 30.8 Å². The summed E-state index contributed by atoms with van der Waals surface area (Å²) in [5.74, 6) is 0.585. The Morgan fingerprint density at radius 1 is 1.09 bits per heavy atom. The third kappa shape index (κ3) is 4.57. The first kappa shape index (κ1) is 21.8. The zero-order valence-corrected chi connectivity index (χ0v) is 18.7. The number of aromatic nitrogens is 3. The van der Waals surface area contributed by atoms with Gasteiger partial charge in [-0.2, -0.15) is 0 Å². The van der Waals surface area contributed by atoms with Gasteiger partial charge in [-0.05, 0) is 31.2 Å². The second-order valence-corrected chi connectivity index (χ2v) is 8.32. The highest BCUT2D eigenvalue weighted by atomic mass is 16.2. The van der Waals surface area contributed by atoms with Crippen molar-refractivity contribution in [3.05, 3.63) is 65.6 Å². The Morgan fingerprint density at radius 3 is 2.62 bits per heavy atom. The number of nitrogens with zero attached hydrogens (tertiary/aromatic N) is 6. The van der Waals surface area contributed by atoms with Gasteiger partial charge in [0.1, 0.15) is 0 Å². The first-order valence-electron chi connectivity index (χ1n) is 10.8. The van der Waals surface area contributed by atoms with Crippen molar-refractivity contribution < 1.29 is 9.59 Å². The Balaban J connectivity index is 1.50. The number of hydrogen-bond donors (Lipinski definition) is 1. The van der Waals surface area contributed by atoms with Gasteiger partial charge in [-0.15, -0.1) is 10.2 Å². The molecular formula is C23H29N7O2. The smallest absolute Gasteiger partial charge is 0.319 e. The summed E-state index contributed by atoms with van der Waals surface area (Å²) in [6, 6.07) is 13.5. The molecule has 3 aromatic rings. The highest BCUT2D eigenvalue weighted by molar-refractivity contribution is 5.94. The number of carbonyl (C=O) groups excluding carboxylic acids is 2. The van der Waals surface area contributed by atoms with E-state index < -0.39 is 0 Å². The second-order valence-electron chi connectivity index (χ2n) is 8.32. The molecule has 3 heterocycles. The number of hydrogen-bond acceptors (Lipinski definition) is 5. The van der Waals surface area contributed by atoms with Crippen LogP contribution in [-0.4, -0.2) is 88.6 Å². The predicted molar refractivity (Wildman–Crippen MR) is 121 cm³/mol. The van der Waals surface area contributed by atoms with Crippen LogP contribution in [0.1, 0.15) is 27.8 Å². The molecule has 0 unspecified atom stereocenters. The van der Waals surface area contributed by atoms with Gasteiger partial charge in [0.25, 0.3) is 5.91 Å². The molecule has 1 aromatic carbocycles. The third-order valence-electron chi connectivity index (χ3n) is 5.83. The van der Waals surface area contributed by atoms with Crippen LogP contribution in [0.15, 0.2) is 48.7 Å². The van der Waals surface area contributed by atoms with Crippen LogP contribution in [-0.2, 0) is 6.42 Å². The second kappa shape index (κ2) is 9.35. The van der Waals surface area contributed by atoms with Gasteiger partial charge in [0.05, 0.1) is 11.6 Å². The quantitative estimate of drug-likeness (QED) is 0.659. The Labute approximate surface area is 187 Å². The fourth-order valence-electron chi connectivity index (χ4n) is 3.95. The number of likely N-dealkylation sites (N-methyl/N-ethyl adjacent to an activating group) is 1. The lowest BCUT2D eigenvalue weighted by molar-refractivity contribution is 0.0933. The van der Waals surface area contributed by atoms with E-state index in [0.717, 1.165) is 18.8 Å². The lowest BCUT2D eigenvalue weighted by Crippen LogP contribution is -2.52. The van der Waals surface area contributed by atoms with Gasteiger partial charge in [0, 0.05) is 46.5 Å². The monoisotopic (exact) mass is 435 g/mol. The molecule has 1 saturated heterocycles. The van der Waals surface area contributed by atoms with Crippen molar-refractivity contribution in [1.29, 1.82) is 0 Å². The number of rotatable bonds is 5. The molecule has 1 fully saturated rings. The molecule has 32 heavy (non-hydrogen) atoms. The number of nitrogens with one attached hydrogen (secondary N) is 1. The molecule has 0 saturated carbocycles. The van der Waals surface area contributed by atoms with E-state index in [-0.39, 0.29) is 18.0 Å². The zero-order chi connectivity index (χ0) is 22.7. The fourth-order valence-corrected chi connectivity index (χ4v) is 3.95. The van der Waals surface area contributed by atoms with Crippen molar-refractivity contribution in [3.8, 4) is 0 Å². The molecule has 1 atom stereocenters. The molecule has 0 bridgehead atoms. The van der Waals surface area contributed by atoms with Crippen molar-refractivity contribution in [2.75, 3.05) is 47.3 Å². The van der Waals surface area contributed by atoms with Gasteiger partial charge < -0.3 is 15.1 Å². The van der Waals surface area contributed by atoms with E-state index >= 15 is 0 Å². The molecule has 0 spiro atoms. The van der Waals surface area contributed by atoms with E-state index in [1.165, 1.54) is 5.56 Å². The van der Waals surface area contributed by atoms with E-state index in [1.54, 1.807) is 37.3 Å². The minimum Gasteiger partial charge on any atom is -0.352 e. The molecule has 1 aliphatic rings. The van der Waals surface area contributed by atoms with Crippen LogP contribution in [0.25, 0.3) is 5.65 Å². The Hall–Kier alpha value is -3.46. The summed E-state index contributed by atoms with van der Waals surface area (Å²) in [4.78, 5) is 30.8. The van der Waals surface area contributed by atoms with Crippen LogP contribution in [0.2, 0.25) is 0 Å². The van der Waals surface area contributed by atoms with Gasteiger partial charge in [0.2, 0.25) is 0 Å². The van der Waals surface area contributed by atoms with Crippen LogP contribution >= 0.6 is 0 Å². The van der Waals surface area contributed by atoms with Crippen LogP contribution < -0.4 is 5.32 Å². The number of fused-ring (bicyclic) bond motifs is 1. The number of carbonyl (C=O) groups is 2. The Kier molecular flexibility index (Phi) is 6.36. The highest BCUT2D eigenvalue weighted by Crippen LogP contribution is 2.24. The minimum atomic E-state index is -0.135. The summed E-state index contributed by atoms with van der Waals surface area (Å²) >= 11 is 0. The number of piperazine rings is 1. The summed E-state index contributed by atoms with van der Waals surface area (Å²) in [6.07, 6.45) is 2.55. The molecule has 1 N–H and O–H groups in total. The predicted octanol–water partition coefficient (Wildman–Crippen LogP) is 1.67. The van der Waals surface area contributed by atoms with Crippen molar-refractivity contribution in [2.24, 2.45) is 0 Å². The van der Waals surface area contributed by atoms with Crippen LogP contribution in [0.5, 0.6) is 0 Å². The maximum absolute atomic E-state index is 12.7. The summed E-state index contributed by atoms with van der Waals surface area (Å²) < 4.78 is 1.86. The van der Waals surface area contributed by atoms with E-state index in [4.69, 9.17) is 0 Å². The van der Waals surface area contributed by atoms with Crippen LogP contribution in [0, 0.1) is 0 Å². The van der Waals surface area contributed by atoms with Crippen molar-refractivity contribution in [3.63, 3.8) is 0 Å². The SMILES string of the molecule is CN(C)C(=O)N1CCN(C)[C@@H](c2nnc3ccc(C(=O)NCCc4ccccc4)cn23)C1. The Bertz CT molecular complexity index is 1100. The lowest BCUT2D eigenvalue weighted by Gasteiger charge is -2.39. The molecule has 0 aliphatic carbocycles.